The summed E-state index contributed by atoms with van der Waals surface area (Å²) in [7, 11) is 1.66. The van der Waals surface area contributed by atoms with Crippen LogP contribution < -0.4 is 15.2 Å². The van der Waals surface area contributed by atoms with E-state index in [1.807, 2.05) is 36.4 Å². The van der Waals surface area contributed by atoms with Crippen molar-refractivity contribution in [3.8, 4) is 22.8 Å². The van der Waals surface area contributed by atoms with Gasteiger partial charge in [-0.2, -0.15) is 0 Å². The maximum Gasteiger partial charge on any atom is 0.220 e. The number of methoxy groups -OCH3 is 1. The van der Waals surface area contributed by atoms with Gasteiger partial charge in [-0.1, -0.05) is 18.2 Å². The van der Waals surface area contributed by atoms with Gasteiger partial charge >= 0.3 is 0 Å². The minimum atomic E-state index is 0.158. The Morgan fingerprint density at radius 3 is 2.96 bits per heavy atom. The van der Waals surface area contributed by atoms with Crippen LogP contribution in [0.15, 0.2) is 48.7 Å². The number of hydrogen-bond acceptors (Lipinski definition) is 6. The first-order chi connectivity index (χ1) is 13.7. The number of benzene rings is 2. The van der Waals surface area contributed by atoms with E-state index in [0.717, 1.165) is 51.6 Å². The monoisotopic (exact) mass is 373 g/mol. The molecule has 28 heavy (non-hydrogen) atoms. The molecule has 0 spiro atoms. The number of hydrogen-bond donors (Lipinski definition) is 2. The van der Waals surface area contributed by atoms with Gasteiger partial charge in [-0.25, -0.2) is 15.0 Å². The van der Waals surface area contributed by atoms with E-state index in [4.69, 9.17) is 20.2 Å². The second kappa shape index (κ2) is 6.53. The highest BCUT2D eigenvalue weighted by molar-refractivity contribution is 5.81. The lowest BCUT2D eigenvalue weighted by molar-refractivity contribution is 0.244. The fourth-order valence-electron chi connectivity index (χ4n) is 3.64. The molecule has 140 valence electrons. The van der Waals surface area contributed by atoms with E-state index in [1.165, 1.54) is 0 Å². The Kier molecular flexibility index (Phi) is 3.86. The quantitative estimate of drug-likeness (QED) is 0.571. The summed E-state index contributed by atoms with van der Waals surface area (Å²) >= 11 is 0. The Hall–Kier alpha value is -3.61. The number of nitrogens with two attached hydrogens (primary N) is 1. The summed E-state index contributed by atoms with van der Waals surface area (Å²) < 4.78 is 11.4. The number of para-hydroxylation sites is 1. The summed E-state index contributed by atoms with van der Waals surface area (Å²) in [6, 6.07) is 13.8. The van der Waals surface area contributed by atoms with Crippen LogP contribution in [0, 0.1) is 0 Å². The zero-order chi connectivity index (χ0) is 19.1. The first-order valence-electron chi connectivity index (χ1n) is 9.08. The first kappa shape index (κ1) is 16.6. The third-order valence-corrected chi connectivity index (χ3v) is 5.03. The van der Waals surface area contributed by atoms with Gasteiger partial charge in [0, 0.05) is 11.8 Å². The zero-order valence-electron chi connectivity index (χ0n) is 15.3. The van der Waals surface area contributed by atoms with Crippen LogP contribution in [0.1, 0.15) is 17.3 Å². The van der Waals surface area contributed by atoms with Gasteiger partial charge in [-0.15, -0.1) is 0 Å². The Bertz CT molecular complexity index is 1170. The average Bonchev–Trinajstić information content (AvgIpc) is 3.16. The lowest BCUT2D eigenvalue weighted by atomic mass is 9.96. The van der Waals surface area contributed by atoms with Gasteiger partial charge in [0.15, 0.2) is 11.5 Å². The van der Waals surface area contributed by atoms with E-state index in [2.05, 4.69) is 21.0 Å². The summed E-state index contributed by atoms with van der Waals surface area (Å²) in [6.07, 6.45) is 2.50. The molecule has 7 nitrogen and oxygen atoms in total. The van der Waals surface area contributed by atoms with E-state index >= 15 is 0 Å². The van der Waals surface area contributed by atoms with Crippen LogP contribution in [0.2, 0.25) is 0 Å². The lowest BCUT2D eigenvalue weighted by Gasteiger charge is -2.25. The van der Waals surface area contributed by atoms with Crippen molar-refractivity contribution in [3.05, 3.63) is 60.0 Å². The second-order valence-electron chi connectivity index (χ2n) is 6.81. The molecule has 0 saturated heterocycles. The molecule has 0 radical (unpaired) electrons. The molecule has 1 aliphatic rings. The van der Waals surface area contributed by atoms with Crippen molar-refractivity contribution < 1.29 is 9.47 Å². The molecule has 7 heteroatoms. The average molecular weight is 373 g/mol. The minimum Gasteiger partial charge on any atom is -0.493 e. The van der Waals surface area contributed by atoms with Crippen LogP contribution in [-0.4, -0.2) is 33.7 Å². The summed E-state index contributed by atoms with van der Waals surface area (Å²) in [6.45, 7) is 0.558. The Labute approximate surface area is 161 Å². The number of ether oxygens (including phenoxy) is 2. The molecule has 2 aromatic heterocycles. The number of nitrogens with one attached hydrogen (secondary N) is 1. The van der Waals surface area contributed by atoms with Crippen molar-refractivity contribution in [1.82, 2.24) is 19.9 Å². The van der Waals surface area contributed by atoms with Crippen LogP contribution in [0.3, 0.4) is 0 Å². The van der Waals surface area contributed by atoms with E-state index in [-0.39, 0.29) is 11.9 Å². The first-order valence-corrected chi connectivity index (χ1v) is 9.08. The third-order valence-electron chi connectivity index (χ3n) is 5.03. The van der Waals surface area contributed by atoms with Crippen molar-refractivity contribution in [2.45, 2.75) is 12.3 Å². The molecule has 0 fully saturated rings. The van der Waals surface area contributed by atoms with Crippen LogP contribution in [0.25, 0.3) is 22.3 Å². The highest BCUT2D eigenvalue weighted by atomic mass is 16.5. The minimum absolute atomic E-state index is 0.158. The predicted octanol–water partition coefficient (Wildman–Crippen LogP) is 3.33. The summed E-state index contributed by atoms with van der Waals surface area (Å²) in [5, 5.41) is 0. The summed E-state index contributed by atoms with van der Waals surface area (Å²) in [5.41, 5.74) is 10.4. The van der Waals surface area contributed by atoms with Crippen molar-refractivity contribution in [1.29, 1.82) is 0 Å². The van der Waals surface area contributed by atoms with Gasteiger partial charge in [-0.05, 0) is 36.2 Å². The lowest BCUT2D eigenvalue weighted by Crippen LogP contribution is -2.20. The molecule has 1 aliphatic heterocycles. The molecule has 0 aliphatic carbocycles. The summed E-state index contributed by atoms with van der Waals surface area (Å²) in [5.74, 6) is 2.94. The molecule has 0 saturated carbocycles. The molecule has 1 unspecified atom stereocenters. The Balaban J connectivity index is 1.47. The fraction of sp³-hybridized carbons (Fsp3) is 0.190. The largest absolute Gasteiger partial charge is 0.493 e. The number of aromatic amines is 1. The van der Waals surface area contributed by atoms with Crippen LogP contribution in [0.5, 0.6) is 11.5 Å². The Morgan fingerprint density at radius 2 is 2.11 bits per heavy atom. The van der Waals surface area contributed by atoms with Gasteiger partial charge < -0.3 is 20.2 Å². The van der Waals surface area contributed by atoms with E-state index in [1.54, 1.807) is 13.3 Å². The number of rotatable bonds is 3. The normalized spacial score (nSPS) is 15.8. The predicted molar refractivity (Wildman–Crippen MR) is 106 cm³/mol. The highest BCUT2D eigenvalue weighted by Gasteiger charge is 2.26. The van der Waals surface area contributed by atoms with Gasteiger partial charge in [0.05, 0.1) is 36.4 Å². The molecule has 4 aromatic rings. The number of anilines is 1. The molecule has 0 bridgehead atoms. The third kappa shape index (κ3) is 2.81. The molecular formula is C21H19N5O2. The summed E-state index contributed by atoms with van der Waals surface area (Å²) in [4.78, 5) is 16.5. The van der Waals surface area contributed by atoms with Crippen molar-refractivity contribution in [2.75, 3.05) is 19.5 Å². The molecule has 5 rings (SSSR count). The second-order valence-corrected chi connectivity index (χ2v) is 6.81. The number of aromatic nitrogens is 4. The SMILES string of the molecule is COc1cccc2c1OCC(c1nc3cc(-c4ccnc(N)n4)ccc3[nH]1)C2. The molecule has 3 N–H and O–H groups in total. The zero-order valence-corrected chi connectivity index (χ0v) is 15.3. The number of H-pyrrole nitrogens is 1. The number of imidazole rings is 1. The number of fused-ring (bicyclic) bond motifs is 2. The van der Waals surface area contributed by atoms with Gasteiger partial charge in [-0.3, -0.25) is 0 Å². The van der Waals surface area contributed by atoms with Crippen LogP contribution in [-0.2, 0) is 6.42 Å². The number of nitrogens with zero attached hydrogens (tertiary/aromatic N) is 3. The van der Waals surface area contributed by atoms with E-state index in [0.29, 0.717) is 6.61 Å². The maximum absolute atomic E-state index is 6.00. The topological polar surface area (TPSA) is 98.9 Å². The smallest absolute Gasteiger partial charge is 0.220 e. The Morgan fingerprint density at radius 1 is 1.18 bits per heavy atom. The molecule has 3 heterocycles. The van der Waals surface area contributed by atoms with E-state index in [9.17, 15) is 0 Å². The molecular weight excluding hydrogens is 354 g/mol. The fourth-order valence-corrected chi connectivity index (χ4v) is 3.64. The molecule has 2 aromatic carbocycles. The van der Waals surface area contributed by atoms with Crippen molar-refractivity contribution in [2.24, 2.45) is 0 Å². The van der Waals surface area contributed by atoms with Gasteiger partial charge in [0.25, 0.3) is 0 Å². The van der Waals surface area contributed by atoms with E-state index < -0.39 is 0 Å². The molecule has 0 amide bonds. The van der Waals surface area contributed by atoms with Crippen LogP contribution in [0.4, 0.5) is 5.95 Å². The highest BCUT2D eigenvalue weighted by Crippen LogP contribution is 2.38. The van der Waals surface area contributed by atoms with Crippen molar-refractivity contribution >= 4 is 17.0 Å². The van der Waals surface area contributed by atoms with Crippen LogP contribution >= 0.6 is 0 Å². The number of nitrogen functional groups attached to an aromatic ring is 1. The standard InChI is InChI=1S/C21H19N5O2/c1-27-18-4-2-3-13-9-14(11-28-19(13)18)20-24-16-6-5-12(10-17(16)25-20)15-7-8-23-21(22)26-15/h2-8,10,14H,9,11H2,1H3,(H,24,25)(H2,22,23,26). The van der Waals surface area contributed by atoms with Gasteiger partial charge in [0.2, 0.25) is 5.95 Å². The van der Waals surface area contributed by atoms with Crippen molar-refractivity contribution in [3.63, 3.8) is 0 Å². The molecule has 1 atom stereocenters. The maximum atomic E-state index is 6.00. The van der Waals surface area contributed by atoms with Gasteiger partial charge in [0.1, 0.15) is 5.82 Å².